The predicted octanol–water partition coefficient (Wildman–Crippen LogP) is 2.31. The molecular weight excluding hydrogens is 222 g/mol. The molecule has 0 fully saturated rings. The van der Waals surface area contributed by atoms with Gasteiger partial charge in [-0.1, -0.05) is 0 Å². The van der Waals surface area contributed by atoms with Crippen LogP contribution >= 0.6 is 35.3 Å². The molecule has 0 aromatic carbocycles. The summed E-state index contributed by atoms with van der Waals surface area (Å²) in [7, 11) is 0. The zero-order valence-corrected chi connectivity index (χ0v) is 9.97. The number of hydrogen-bond donors (Lipinski definition) is 1. The number of hydrogen-bond acceptors (Lipinski definition) is 4. The lowest BCUT2D eigenvalue weighted by Crippen LogP contribution is -2.03. The van der Waals surface area contributed by atoms with E-state index in [0.29, 0.717) is 0 Å². The van der Waals surface area contributed by atoms with E-state index in [4.69, 9.17) is 17.3 Å². The van der Waals surface area contributed by atoms with Crippen LogP contribution in [0.2, 0.25) is 0 Å². The van der Waals surface area contributed by atoms with E-state index in [0.717, 1.165) is 22.0 Å². The minimum absolute atomic E-state index is 0.263. The average molecular weight is 235 g/mol. The summed E-state index contributed by atoms with van der Waals surface area (Å²) in [4.78, 5) is 0. The summed E-state index contributed by atoms with van der Waals surface area (Å²) in [5.41, 5.74) is 1.24. The Morgan fingerprint density at radius 3 is 2.92 bits per heavy atom. The molecule has 74 valence electrons. The zero-order valence-electron chi connectivity index (χ0n) is 7.52. The highest BCUT2D eigenvalue weighted by atomic mass is 32.2. The Kier molecular flexibility index (Phi) is 5.01. The molecule has 0 aliphatic heterocycles. The van der Waals surface area contributed by atoms with Crippen LogP contribution in [0.4, 0.5) is 0 Å². The summed E-state index contributed by atoms with van der Waals surface area (Å²) in [5, 5.41) is 10.7. The first-order chi connectivity index (χ1) is 6.25. The normalized spacial score (nSPS) is 10.6. The molecule has 13 heavy (non-hydrogen) atoms. The van der Waals surface area contributed by atoms with Gasteiger partial charge in [0.15, 0.2) is 3.95 Å². The highest BCUT2D eigenvalue weighted by molar-refractivity contribution is 7.99. The van der Waals surface area contributed by atoms with E-state index in [-0.39, 0.29) is 6.61 Å². The van der Waals surface area contributed by atoms with Crippen LogP contribution in [0.25, 0.3) is 0 Å². The third kappa shape index (κ3) is 3.42. The van der Waals surface area contributed by atoms with Gasteiger partial charge in [0.1, 0.15) is 0 Å². The lowest BCUT2D eigenvalue weighted by molar-refractivity contribution is 0.322. The third-order valence-electron chi connectivity index (χ3n) is 1.67. The van der Waals surface area contributed by atoms with Crippen LogP contribution in [0.3, 0.4) is 0 Å². The van der Waals surface area contributed by atoms with Gasteiger partial charge in [-0.15, -0.1) is 11.3 Å². The van der Waals surface area contributed by atoms with Gasteiger partial charge in [-0.25, -0.2) is 0 Å². The van der Waals surface area contributed by atoms with Gasteiger partial charge in [-0.2, -0.15) is 11.8 Å². The molecule has 1 rings (SSSR count). The fourth-order valence-corrected chi connectivity index (χ4v) is 2.78. The van der Waals surface area contributed by atoms with Crippen LogP contribution in [-0.4, -0.2) is 27.8 Å². The Balaban J connectivity index is 2.40. The van der Waals surface area contributed by atoms with E-state index < -0.39 is 0 Å². The maximum absolute atomic E-state index is 8.59. The van der Waals surface area contributed by atoms with Crippen molar-refractivity contribution in [1.82, 2.24) is 4.57 Å². The molecule has 1 N–H and O–H groups in total. The summed E-state index contributed by atoms with van der Waals surface area (Å²) in [6.45, 7) is 3.29. The molecule has 0 aliphatic carbocycles. The predicted molar refractivity (Wildman–Crippen MR) is 62.3 cm³/mol. The van der Waals surface area contributed by atoms with Crippen molar-refractivity contribution >= 4 is 35.3 Å². The van der Waals surface area contributed by atoms with Gasteiger partial charge in [-0.05, 0) is 19.1 Å². The monoisotopic (exact) mass is 235 g/mol. The van der Waals surface area contributed by atoms with E-state index >= 15 is 0 Å². The van der Waals surface area contributed by atoms with Crippen LogP contribution in [0.5, 0.6) is 0 Å². The Bertz CT molecular complexity index is 305. The molecule has 0 saturated carbocycles. The maximum atomic E-state index is 8.59. The number of aryl methyl sites for hydroxylation is 1. The molecule has 0 saturated heterocycles. The van der Waals surface area contributed by atoms with Gasteiger partial charge in [0.2, 0.25) is 0 Å². The summed E-state index contributed by atoms with van der Waals surface area (Å²) in [6.07, 6.45) is 0. The summed E-state index contributed by atoms with van der Waals surface area (Å²) in [5.74, 6) is 1.84. The number of nitrogens with zero attached hydrogens (tertiary/aromatic N) is 1. The number of thiazole rings is 1. The molecule has 0 atom stereocenters. The minimum atomic E-state index is 0.263. The molecule has 1 heterocycles. The molecule has 0 amide bonds. The molecule has 0 bridgehead atoms. The van der Waals surface area contributed by atoms with Gasteiger partial charge in [-0.3, -0.25) is 0 Å². The van der Waals surface area contributed by atoms with Crippen LogP contribution < -0.4 is 0 Å². The number of aliphatic hydroxyl groups excluding tert-OH is 1. The van der Waals surface area contributed by atoms with Crippen molar-refractivity contribution in [2.45, 2.75) is 13.5 Å². The van der Waals surface area contributed by atoms with Gasteiger partial charge < -0.3 is 9.67 Å². The lowest BCUT2D eigenvalue weighted by atomic mass is 10.5. The molecule has 1 aromatic heterocycles. The highest BCUT2D eigenvalue weighted by Crippen LogP contribution is 2.11. The second-order valence-corrected chi connectivity index (χ2v) is 5.36. The zero-order chi connectivity index (χ0) is 9.68. The summed E-state index contributed by atoms with van der Waals surface area (Å²) < 4.78 is 3.09. The van der Waals surface area contributed by atoms with Crippen LogP contribution in [-0.2, 0) is 6.54 Å². The first-order valence-corrected chi connectivity index (χ1v) is 6.53. The molecular formula is C8H13NOS3. The summed E-state index contributed by atoms with van der Waals surface area (Å²) in [6, 6.07) is 0. The smallest absolute Gasteiger partial charge is 0.161 e. The van der Waals surface area contributed by atoms with Crippen molar-refractivity contribution in [2.75, 3.05) is 18.1 Å². The van der Waals surface area contributed by atoms with Crippen molar-refractivity contribution in [2.24, 2.45) is 0 Å². The molecule has 0 spiro atoms. The van der Waals surface area contributed by atoms with E-state index in [9.17, 15) is 0 Å². The van der Waals surface area contributed by atoms with E-state index in [1.165, 1.54) is 5.69 Å². The van der Waals surface area contributed by atoms with E-state index in [1.807, 2.05) is 0 Å². The fraction of sp³-hybridized carbons (Fsp3) is 0.625. The number of aliphatic hydroxyl groups is 1. The van der Waals surface area contributed by atoms with E-state index in [2.05, 4.69) is 16.9 Å². The second kappa shape index (κ2) is 5.80. The fourth-order valence-electron chi connectivity index (χ4n) is 0.997. The molecule has 1 aromatic rings. The molecule has 2 nitrogen and oxygen atoms in total. The molecule has 0 radical (unpaired) electrons. The first kappa shape index (κ1) is 11.2. The van der Waals surface area contributed by atoms with Crippen molar-refractivity contribution in [3.63, 3.8) is 0 Å². The van der Waals surface area contributed by atoms with Crippen LogP contribution in [0.15, 0.2) is 5.38 Å². The largest absolute Gasteiger partial charge is 0.396 e. The molecule has 0 unspecified atom stereocenters. The SMILES string of the molecule is Cc1csc(=S)n1CCSCCO. The first-order valence-electron chi connectivity index (χ1n) is 4.09. The lowest BCUT2D eigenvalue weighted by Gasteiger charge is -2.04. The molecule has 0 aliphatic rings. The minimum Gasteiger partial charge on any atom is -0.396 e. The second-order valence-electron chi connectivity index (χ2n) is 2.63. The number of aromatic nitrogens is 1. The Morgan fingerprint density at radius 2 is 2.38 bits per heavy atom. The standard InChI is InChI=1S/C8H13NOS3/c1-7-6-13-8(11)9(7)2-4-12-5-3-10/h6,10H,2-5H2,1H3. The van der Waals surface area contributed by atoms with Crippen molar-refractivity contribution in [1.29, 1.82) is 0 Å². The highest BCUT2D eigenvalue weighted by Gasteiger charge is 1.98. The van der Waals surface area contributed by atoms with Crippen LogP contribution in [0.1, 0.15) is 5.69 Å². The van der Waals surface area contributed by atoms with Gasteiger partial charge in [0.05, 0.1) is 6.61 Å². The number of rotatable bonds is 5. The topological polar surface area (TPSA) is 25.2 Å². The Morgan fingerprint density at radius 1 is 1.62 bits per heavy atom. The van der Waals surface area contributed by atoms with Gasteiger partial charge in [0.25, 0.3) is 0 Å². The quantitative estimate of drug-likeness (QED) is 0.626. The number of thioether (sulfide) groups is 1. The van der Waals surface area contributed by atoms with Crippen molar-refractivity contribution in [3.05, 3.63) is 15.0 Å². The van der Waals surface area contributed by atoms with Gasteiger partial charge in [0, 0.05) is 29.1 Å². The maximum Gasteiger partial charge on any atom is 0.161 e. The van der Waals surface area contributed by atoms with Crippen LogP contribution in [0, 0.1) is 10.9 Å². The Hall–Kier alpha value is 0.160. The Labute approximate surface area is 91.6 Å². The van der Waals surface area contributed by atoms with Gasteiger partial charge >= 0.3 is 0 Å². The van der Waals surface area contributed by atoms with Crippen molar-refractivity contribution in [3.8, 4) is 0 Å². The third-order valence-corrected chi connectivity index (χ3v) is 4.00. The van der Waals surface area contributed by atoms with Crippen molar-refractivity contribution < 1.29 is 5.11 Å². The molecule has 5 heteroatoms. The summed E-state index contributed by atoms with van der Waals surface area (Å²) >= 11 is 8.54. The van der Waals surface area contributed by atoms with E-state index in [1.54, 1.807) is 23.1 Å². The average Bonchev–Trinajstić information content (AvgIpc) is 2.42.